The summed E-state index contributed by atoms with van der Waals surface area (Å²) in [7, 11) is 2.10. The van der Waals surface area contributed by atoms with Gasteiger partial charge in [-0.15, -0.1) is 13.2 Å². The molecular weight excluding hydrogens is 554 g/mol. The number of halogens is 4. The van der Waals surface area contributed by atoms with Crippen molar-refractivity contribution in [2.24, 2.45) is 10.7 Å². The molecule has 236 valence electrons. The van der Waals surface area contributed by atoms with Crippen LogP contribution in [0.25, 0.3) is 5.57 Å². The molecule has 2 aromatic rings. The Morgan fingerprint density at radius 1 is 1.05 bits per heavy atom. The summed E-state index contributed by atoms with van der Waals surface area (Å²) in [6.07, 6.45) is 7.14. The normalized spacial score (nSPS) is 14.7. The second-order valence-electron chi connectivity index (χ2n) is 10.6. The number of aromatic nitrogens is 1. The van der Waals surface area contributed by atoms with Crippen molar-refractivity contribution in [3.05, 3.63) is 109 Å². The van der Waals surface area contributed by atoms with Gasteiger partial charge < -0.3 is 15.5 Å². The van der Waals surface area contributed by atoms with Crippen molar-refractivity contribution in [2.75, 3.05) is 20.1 Å². The summed E-state index contributed by atoms with van der Waals surface area (Å²) in [5.41, 5.74) is 9.40. The minimum Gasteiger partial charge on any atom is -0.398 e. The molecule has 1 aliphatic carbocycles. The Morgan fingerprint density at radius 3 is 2.07 bits per heavy atom. The number of rotatable bonds is 6. The Bertz CT molecular complexity index is 1260. The van der Waals surface area contributed by atoms with Gasteiger partial charge in [0.2, 0.25) is 5.96 Å². The first kappa shape index (κ1) is 37.1. The summed E-state index contributed by atoms with van der Waals surface area (Å²) in [6, 6.07) is 6.87. The van der Waals surface area contributed by atoms with Crippen LogP contribution in [0.5, 0.6) is 0 Å². The van der Waals surface area contributed by atoms with Crippen LogP contribution in [0.1, 0.15) is 70.2 Å². The van der Waals surface area contributed by atoms with Crippen molar-refractivity contribution >= 4 is 11.5 Å². The minimum atomic E-state index is -2.87. The maximum Gasteiger partial charge on any atom is 0.286 e. The predicted octanol–water partition coefficient (Wildman–Crippen LogP) is 8.46. The molecule has 0 radical (unpaired) electrons. The molecule has 0 saturated heterocycles. The molecule has 43 heavy (non-hydrogen) atoms. The fourth-order valence-corrected chi connectivity index (χ4v) is 4.71. The van der Waals surface area contributed by atoms with Crippen LogP contribution in [0, 0.1) is 11.6 Å². The highest BCUT2D eigenvalue weighted by atomic mass is 19.3. The molecule has 0 atom stereocenters. The maximum absolute atomic E-state index is 12.7. The van der Waals surface area contributed by atoms with Gasteiger partial charge >= 0.3 is 0 Å². The van der Waals surface area contributed by atoms with Crippen LogP contribution in [0.4, 0.5) is 17.6 Å². The van der Waals surface area contributed by atoms with Gasteiger partial charge in [-0.05, 0) is 68.0 Å². The largest absolute Gasteiger partial charge is 0.398 e. The molecule has 2 N–H and O–H groups in total. The summed E-state index contributed by atoms with van der Waals surface area (Å²) in [5.74, 6) is -3.42. The van der Waals surface area contributed by atoms with Gasteiger partial charge in [0.25, 0.3) is 5.92 Å². The summed E-state index contributed by atoms with van der Waals surface area (Å²) in [4.78, 5) is 12.9. The first-order valence-electron chi connectivity index (χ1n) is 14.3. The zero-order chi connectivity index (χ0) is 33.0. The number of aryl methyl sites for hydroxylation is 1. The predicted molar refractivity (Wildman–Crippen MR) is 172 cm³/mol. The fourth-order valence-electron chi connectivity index (χ4n) is 4.71. The molecule has 9 heteroatoms. The molecule has 1 saturated carbocycles. The second kappa shape index (κ2) is 16.7. The zero-order valence-corrected chi connectivity index (χ0v) is 26.3. The number of benzene rings is 1. The van der Waals surface area contributed by atoms with Crippen molar-refractivity contribution in [2.45, 2.75) is 71.3 Å². The minimum absolute atomic E-state index is 0.147. The molecule has 1 aromatic carbocycles. The van der Waals surface area contributed by atoms with Crippen LogP contribution >= 0.6 is 0 Å². The Kier molecular flexibility index (Phi) is 14.4. The SMILES string of the molecule is C=C.C=C(C)c1ccc(C(C)(F)F)nc1.C=C(N)C(=C)N(CC)C1=NC2(CCCC2)CN1C.CCc1ccc(F)c(F)c1. The molecule has 1 aromatic heterocycles. The summed E-state index contributed by atoms with van der Waals surface area (Å²) < 4.78 is 50.1. The van der Waals surface area contributed by atoms with Crippen LogP contribution in [0.2, 0.25) is 0 Å². The van der Waals surface area contributed by atoms with E-state index in [1.54, 1.807) is 19.1 Å². The van der Waals surface area contributed by atoms with Crippen LogP contribution in [0.15, 0.2) is 85.8 Å². The zero-order valence-electron chi connectivity index (χ0n) is 26.3. The molecule has 5 nitrogen and oxygen atoms in total. The van der Waals surface area contributed by atoms with Gasteiger partial charge in [0.15, 0.2) is 11.6 Å². The molecule has 2 aliphatic rings. The average molecular weight is 602 g/mol. The van der Waals surface area contributed by atoms with Gasteiger partial charge in [-0.3, -0.25) is 4.98 Å². The number of nitrogens with zero attached hydrogens (tertiary/aromatic N) is 4. The van der Waals surface area contributed by atoms with Crippen molar-refractivity contribution in [1.29, 1.82) is 0 Å². The lowest BCUT2D eigenvalue weighted by molar-refractivity contribution is 0.0127. The quantitative estimate of drug-likeness (QED) is 0.205. The van der Waals surface area contributed by atoms with Gasteiger partial charge in [-0.2, -0.15) is 8.78 Å². The number of nitrogens with two attached hydrogens (primary N) is 1. The molecular formula is C34H47F4N5. The van der Waals surface area contributed by atoms with Crippen LogP contribution in [0.3, 0.4) is 0 Å². The Hall–Kier alpha value is -3.88. The number of guanidine groups is 1. The Morgan fingerprint density at radius 2 is 1.65 bits per heavy atom. The standard InChI is InChI=1S/C14H24N4.C10H11F2N.C8H8F2.C2H4/c1-5-18(12(3)11(2)15)13-16-14(10-17(13)4)8-6-7-9-14;1-7(2)8-4-5-9(13-6-8)10(3,11)12;1-2-6-3-4-7(9)8(10)5-6;1-2/h2-3,5-10,15H2,1,4H3;4-6H,1H2,2-3H3;3-5H,2H2,1H3;1-2H2. The number of likely N-dealkylation sites (N-methyl/N-ethyl adjacent to an activating group) is 2. The second-order valence-corrected chi connectivity index (χ2v) is 10.6. The smallest absolute Gasteiger partial charge is 0.286 e. The third kappa shape index (κ3) is 10.7. The molecule has 4 rings (SSSR count). The Labute approximate surface area is 255 Å². The van der Waals surface area contributed by atoms with Crippen molar-refractivity contribution in [3.63, 3.8) is 0 Å². The number of aliphatic imine (C=N–C) groups is 1. The highest BCUT2D eigenvalue weighted by molar-refractivity contribution is 5.84. The third-order valence-corrected chi connectivity index (χ3v) is 7.10. The first-order valence-corrected chi connectivity index (χ1v) is 14.3. The van der Waals surface area contributed by atoms with Gasteiger partial charge in [0, 0.05) is 39.0 Å². The van der Waals surface area contributed by atoms with E-state index in [1.165, 1.54) is 44.0 Å². The molecule has 1 spiro atoms. The van der Waals surface area contributed by atoms with Gasteiger partial charge in [-0.1, -0.05) is 51.6 Å². The van der Waals surface area contributed by atoms with Crippen molar-refractivity contribution in [1.82, 2.24) is 14.8 Å². The van der Waals surface area contributed by atoms with E-state index in [0.717, 1.165) is 60.9 Å². The molecule has 2 heterocycles. The third-order valence-electron chi connectivity index (χ3n) is 7.10. The Balaban J connectivity index is 0.000000327. The summed E-state index contributed by atoms with van der Waals surface area (Å²) in [6.45, 7) is 25.9. The van der Waals surface area contributed by atoms with E-state index < -0.39 is 17.6 Å². The number of alkyl halides is 2. The number of hydrogen-bond acceptors (Lipinski definition) is 5. The summed E-state index contributed by atoms with van der Waals surface area (Å²) in [5, 5.41) is 0. The van der Waals surface area contributed by atoms with E-state index in [0.29, 0.717) is 5.70 Å². The molecule has 0 unspecified atom stereocenters. The molecule has 0 amide bonds. The molecule has 0 bridgehead atoms. The monoisotopic (exact) mass is 601 g/mol. The van der Waals surface area contributed by atoms with Gasteiger partial charge in [0.05, 0.1) is 11.2 Å². The van der Waals surface area contributed by atoms with Crippen LogP contribution < -0.4 is 5.73 Å². The van der Waals surface area contributed by atoms with Crippen molar-refractivity contribution in [3.8, 4) is 0 Å². The van der Waals surface area contributed by atoms with E-state index in [-0.39, 0.29) is 11.2 Å². The molecule has 1 fully saturated rings. The number of allylic oxidation sites excluding steroid dienone is 1. The van der Waals surface area contributed by atoms with Gasteiger partial charge in [0.1, 0.15) is 5.69 Å². The van der Waals surface area contributed by atoms with Crippen LogP contribution in [-0.2, 0) is 12.3 Å². The first-order chi connectivity index (χ1) is 20.1. The lowest BCUT2D eigenvalue weighted by atomic mass is 10.00. The van der Waals surface area contributed by atoms with E-state index >= 15 is 0 Å². The van der Waals surface area contributed by atoms with E-state index in [1.807, 2.05) is 6.92 Å². The average Bonchev–Trinajstić information content (AvgIpc) is 3.56. The highest BCUT2D eigenvalue weighted by Gasteiger charge is 2.41. The number of pyridine rings is 1. The maximum atomic E-state index is 12.7. The molecule has 1 aliphatic heterocycles. The van der Waals surface area contributed by atoms with Crippen LogP contribution in [-0.4, -0.2) is 46.4 Å². The lowest BCUT2D eigenvalue weighted by Gasteiger charge is -2.29. The van der Waals surface area contributed by atoms with E-state index in [2.05, 4.69) is 61.6 Å². The van der Waals surface area contributed by atoms with E-state index in [4.69, 9.17) is 10.7 Å². The number of hydrogen-bond donors (Lipinski definition) is 1. The highest BCUT2D eigenvalue weighted by Crippen LogP contribution is 2.38. The summed E-state index contributed by atoms with van der Waals surface area (Å²) >= 11 is 0. The van der Waals surface area contributed by atoms with Gasteiger partial charge in [-0.25, -0.2) is 13.8 Å². The van der Waals surface area contributed by atoms with E-state index in [9.17, 15) is 17.6 Å². The topological polar surface area (TPSA) is 57.8 Å². The lowest BCUT2D eigenvalue weighted by Crippen LogP contribution is -2.40. The van der Waals surface area contributed by atoms with Crippen molar-refractivity contribution < 1.29 is 17.6 Å². The fraction of sp³-hybridized carbons (Fsp3) is 0.412.